The third kappa shape index (κ3) is 2.83. The maximum atomic E-state index is 13.9. The summed E-state index contributed by atoms with van der Waals surface area (Å²) in [4.78, 5) is 24.1. The van der Waals surface area contributed by atoms with E-state index in [-0.39, 0.29) is 36.2 Å². The molecule has 130 valence electrons. The molecule has 0 bridgehead atoms. The molecule has 1 aliphatic heterocycles. The van der Waals surface area contributed by atoms with E-state index in [1.54, 1.807) is 0 Å². The second kappa shape index (κ2) is 6.37. The van der Waals surface area contributed by atoms with E-state index in [0.29, 0.717) is 12.8 Å². The van der Waals surface area contributed by atoms with Crippen molar-refractivity contribution in [3.05, 3.63) is 29.3 Å². The second-order valence-corrected chi connectivity index (χ2v) is 6.28. The minimum atomic E-state index is -1.09. The zero-order chi connectivity index (χ0) is 17.3. The fraction of sp³-hybridized carbons (Fsp3) is 0.529. The zero-order valence-corrected chi connectivity index (χ0v) is 13.4. The van der Waals surface area contributed by atoms with Gasteiger partial charge in [-0.15, -0.1) is 0 Å². The van der Waals surface area contributed by atoms with E-state index in [4.69, 9.17) is 9.47 Å². The van der Waals surface area contributed by atoms with E-state index in [2.05, 4.69) is 5.32 Å². The third-order valence-electron chi connectivity index (χ3n) is 4.89. The topological polar surface area (TPSA) is 64.6 Å². The molecule has 1 saturated heterocycles. The van der Waals surface area contributed by atoms with E-state index in [9.17, 15) is 18.4 Å². The quantitative estimate of drug-likeness (QED) is 0.856. The lowest BCUT2D eigenvalue weighted by molar-refractivity contribution is -0.149. The van der Waals surface area contributed by atoms with E-state index < -0.39 is 23.2 Å². The van der Waals surface area contributed by atoms with Crippen LogP contribution in [-0.2, 0) is 20.9 Å². The Balaban J connectivity index is 1.70. The molecule has 1 aromatic carbocycles. The van der Waals surface area contributed by atoms with Crippen molar-refractivity contribution in [3.8, 4) is 5.75 Å². The highest BCUT2D eigenvalue weighted by Crippen LogP contribution is 2.45. The lowest BCUT2D eigenvalue weighted by Crippen LogP contribution is -2.42. The smallest absolute Gasteiger partial charge is 0.307 e. The Bertz CT molecular complexity index is 671. The number of esters is 1. The zero-order valence-electron chi connectivity index (χ0n) is 13.4. The van der Waals surface area contributed by atoms with Gasteiger partial charge < -0.3 is 14.8 Å². The van der Waals surface area contributed by atoms with Gasteiger partial charge >= 0.3 is 5.97 Å². The van der Waals surface area contributed by atoms with Gasteiger partial charge in [-0.2, -0.15) is 4.39 Å². The fourth-order valence-corrected chi connectivity index (χ4v) is 3.62. The molecule has 1 atom stereocenters. The van der Waals surface area contributed by atoms with Crippen molar-refractivity contribution in [2.75, 3.05) is 7.11 Å². The van der Waals surface area contributed by atoms with Gasteiger partial charge in [0.1, 0.15) is 5.60 Å². The van der Waals surface area contributed by atoms with Crippen LogP contribution >= 0.6 is 0 Å². The molecule has 2 fully saturated rings. The molecular formula is C17H19F2NO4. The summed E-state index contributed by atoms with van der Waals surface area (Å²) in [5.74, 6) is -3.64. The number of ether oxygens (including phenoxy) is 2. The van der Waals surface area contributed by atoms with Gasteiger partial charge in [0.2, 0.25) is 11.7 Å². The molecule has 0 radical (unpaired) electrons. The molecule has 1 amide bonds. The van der Waals surface area contributed by atoms with Crippen LogP contribution in [0.4, 0.5) is 8.78 Å². The molecule has 1 heterocycles. The first kappa shape index (κ1) is 16.7. The van der Waals surface area contributed by atoms with Crippen molar-refractivity contribution in [1.82, 2.24) is 5.32 Å². The average molecular weight is 339 g/mol. The normalized spacial score (nSPS) is 21.8. The molecule has 2 aliphatic rings. The summed E-state index contributed by atoms with van der Waals surface area (Å²) >= 11 is 0. The summed E-state index contributed by atoms with van der Waals surface area (Å²) in [6, 6.07) is 2.67. The lowest BCUT2D eigenvalue weighted by atomic mass is 9.85. The Morgan fingerprint density at radius 1 is 1.33 bits per heavy atom. The summed E-state index contributed by atoms with van der Waals surface area (Å²) in [7, 11) is 1.25. The number of carbonyl (C=O) groups is 2. The van der Waals surface area contributed by atoms with Crippen LogP contribution in [0.1, 0.15) is 37.7 Å². The molecule has 3 rings (SSSR count). The van der Waals surface area contributed by atoms with Gasteiger partial charge in [0.25, 0.3) is 0 Å². The predicted octanol–water partition coefficient (Wildman–Crippen LogP) is 2.47. The first-order valence-corrected chi connectivity index (χ1v) is 7.97. The first-order valence-electron chi connectivity index (χ1n) is 7.97. The van der Waals surface area contributed by atoms with Gasteiger partial charge in [-0.25, -0.2) is 4.39 Å². The number of methoxy groups -OCH3 is 1. The summed E-state index contributed by atoms with van der Waals surface area (Å²) in [6.45, 7) is -0.160. The van der Waals surface area contributed by atoms with Gasteiger partial charge in [-0.3, -0.25) is 9.59 Å². The molecule has 1 aliphatic carbocycles. The number of rotatable bonds is 4. The molecule has 1 aromatic rings. The van der Waals surface area contributed by atoms with Crippen LogP contribution in [0.15, 0.2) is 12.1 Å². The molecule has 7 heteroatoms. The van der Waals surface area contributed by atoms with Crippen LogP contribution in [0.3, 0.4) is 0 Å². The Labute approximate surface area is 138 Å². The van der Waals surface area contributed by atoms with Gasteiger partial charge in [0, 0.05) is 12.1 Å². The Morgan fingerprint density at radius 2 is 2.04 bits per heavy atom. The summed E-state index contributed by atoms with van der Waals surface area (Å²) in [6.07, 6.45) is 3.20. The van der Waals surface area contributed by atoms with Crippen LogP contribution in [-0.4, -0.2) is 24.6 Å². The molecule has 5 nitrogen and oxygen atoms in total. The Kier molecular flexibility index (Phi) is 4.43. The molecule has 24 heavy (non-hydrogen) atoms. The predicted molar refractivity (Wildman–Crippen MR) is 80.2 cm³/mol. The third-order valence-corrected chi connectivity index (χ3v) is 4.89. The standard InChI is InChI=1S/C17H19F2NO4/c1-23-12-5-4-10(14(18)15(12)19)9-20-16(22)11-8-13(21)24-17(11)6-2-3-7-17/h4-5,11H,2-3,6-9H2,1H3,(H,20,22)/t11-/m1/s1. The van der Waals surface area contributed by atoms with Crippen molar-refractivity contribution in [3.63, 3.8) is 0 Å². The van der Waals surface area contributed by atoms with Crippen molar-refractivity contribution in [2.45, 2.75) is 44.2 Å². The Hall–Kier alpha value is -2.18. The van der Waals surface area contributed by atoms with E-state index >= 15 is 0 Å². The van der Waals surface area contributed by atoms with Gasteiger partial charge in [-0.05, 0) is 31.7 Å². The van der Waals surface area contributed by atoms with Crippen molar-refractivity contribution in [1.29, 1.82) is 0 Å². The Morgan fingerprint density at radius 3 is 2.71 bits per heavy atom. The minimum absolute atomic E-state index is 0.0207. The van der Waals surface area contributed by atoms with E-state index in [1.807, 2.05) is 0 Å². The summed E-state index contributed by atoms with van der Waals surface area (Å²) in [5.41, 5.74) is -0.697. The summed E-state index contributed by atoms with van der Waals surface area (Å²) in [5, 5.41) is 2.60. The lowest BCUT2D eigenvalue weighted by Gasteiger charge is -2.27. The van der Waals surface area contributed by atoms with Gasteiger partial charge in [0.05, 0.1) is 19.4 Å². The molecule has 1 spiro atoms. The van der Waals surface area contributed by atoms with Crippen LogP contribution in [0.5, 0.6) is 5.75 Å². The highest BCUT2D eigenvalue weighted by molar-refractivity contribution is 5.87. The maximum Gasteiger partial charge on any atom is 0.307 e. The SMILES string of the molecule is COc1ccc(CNC(=O)[C@H]2CC(=O)OC23CCCC3)c(F)c1F. The highest BCUT2D eigenvalue weighted by Gasteiger charge is 2.53. The second-order valence-electron chi connectivity index (χ2n) is 6.28. The van der Waals surface area contributed by atoms with Crippen LogP contribution in [0, 0.1) is 17.6 Å². The largest absolute Gasteiger partial charge is 0.494 e. The minimum Gasteiger partial charge on any atom is -0.494 e. The number of amides is 1. The number of benzene rings is 1. The van der Waals surface area contributed by atoms with Gasteiger partial charge in [-0.1, -0.05) is 6.07 Å². The molecule has 0 unspecified atom stereocenters. The number of nitrogens with one attached hydrogen (secondary N) is 1. The van der Waals surface area contributed by atoms with Crippen molar-refractivity contribution in [2.24, 2.45) is 5.92 Å². The van der Waals surface area contributed by atoms with E-state index in [1.165, 1.54) is 19.2 Å². The van der Waals surface area contributed by atoms with Crippen LogP contribution in [0.2, 0.25) is 0 Å². The maximum absolute atomic E-state index is 13.9. The molecular weight excluding hydrogens is 320 g/mol. The van der Waals surface area contributed by atoms with Crippen LogP contribution < -0.4 is 10.1 Å². The number of halogens is 2. The monoisotopic (exact) mass is 339 g/mol. The number of hydrogen-bond donors (Lipinski definition) is 1. The van der Waals surface area contributed by atoms with Crippen molar-refractivity contribution < 1.29 is 27.8 Å². The highest BCUT2D eigenvalue weighted by atomic mass is 19.2. The van der Waals surface area contributed by atoms with E-state index in [0.717, 1.165) is 12.8 Å². The summed E-state index contributed by atoms with van der Waals surface area (Å²) < 4.78 is 37.8. The molecule has 1 saturated carbocycles. The fourth-order valence-electron chi connectivity index (χ4n) is 3.62. The van der Waals surface area contributed by atoms with Crippen LogP contribution in [0.25, 0.3) is 0 Å². The average Bonchev–Trinajstić information content (AvgIpc) is 3.15. The molecule has 0 aromatic heterocycles. The number of carbonyl (C=O) groups excluding carboxylic acids is 2. The molecule has 1 N–H and O–H groups in total. The number of hydrogen-bond acceptors (Lipinski definition) is 4. The van der Waals surface area contributed by atoms with Gasteiger partial charge in [0.15, 0.2) is 11.6 Å². The van der Waals surface area contributed by atoms with Crippen molar-refractivity contribution >= 4 is 11.9 Å². The first-order chi connectivity index (χ1) is 11.5.